The molecule has 0 fully saturated rings. The number of nitrogens with one attached hydrogen (secondary N) is 1. The lowest BCUT2D eigenvalue weighted by Crippen LogP contribution is -2.19. The molecule has 3 aromatic carbocycles. The highest BCUT2D eigenvalue weighted by Crippen LogP contribution is 2.32. The van der Waals surface area contributed by atoms with E-state index in [1.165, 1.54) is 17.7 Å². The summed E-state index contributed by atoms with van der Waals surface area (Å²) in [6.45, 7) is 3.97. The van der Waals surface area contributed by atoms with Gasteiger partial charge in [-0.05, 0) is 85.1 Å². The van der Waals surface area contributed by atoms with Gasteiger partial charge in [0.15, 0.2) is 5.65 Å². The molecule has 0 aliphatic rings. The van der Waals surface area contributed by atoms with E-state index in [-0.39, 0.29) is 18.3 Å². The molecule has 0 radical (unpaired) electrons. The molecule has 0 saturated carbocycles. The van der Waals surface area contributed by atoms with Gasteiger partial charge >= 0.3 is 0 Å². The van der Waals surface area contributed by atoms with Crippen molar-refractivity contribution in [2.45, 2.75) is 20.4 Å². The number of aromatic nitrogens is 4. The summed E-state index contributed by atoms with van der Waals surface area (Å²) in [5.41, 5.74) is 7.02. The average Bonchev–Trinajstić information content (AvgIpc) is 3.45. The zero-order valence-corrected chi connectivity index (χ0v) is 21.0. The lowest BCUT2D eigenvalue weighted by molar-refractivity contribution is -0.116. The van der Waals surface area contributed by atoms with Gasteiger partial charge in [0.25, 0.3) is 0 Å². The van der Waals surface area contributed by atoms with Gasteiger partial charge in [0, 0.05) is 22.8 Å². The summed E-state index contributed by atoms with van der Waals surface area (Å²) in [7, 11) is 0. The third-order valence-electron chi connectivity index (χ3n) is 6.22. The first-order valence-corrected chi connectivity index (χ1v) is 12.6. The molecule has 6 nitrogen and oxygen atoms in total. The molecule has 0 atom stereocenters. The Hall–Kier alpha value is -4.43. The highest BCUT2D eigenvalue weighted by atomic mass is 32.1. The smallest absolute Gasteiger partial charge is 0.246 e. The number of benzene rings is 3. The minimum atomic E-state index is -0.290. The number of aryl methyl sites for hydroxylation is 2. The standard InChI is InChI=1S/C29H22FN5OS/c1-17-3-12-24-25(15-17)37-29(33-24)20-6-10-22(11-7-20)32-26(36)16-35-28-27(18(2)34-35)23(13-14-31-28)19-4-8-21(30)9-5-19/h3-15H,16H2,1-2H3,(H,32,36). The third kappa shape index (κ3) is 4.47. The molecule has 0 aliphatic heterocycles. The second-order valence-electron chi connectivity index (χ2n) is 8.92. The summed E-state index contributed by atoms with van der Waals surface area (Å²) in [6.07, 6.45) is 1.68. The van der Waals surface area contributed by atoms with Gasteiger partial charge < -0.3 is 5.32 Å². The topological polar surface area (TPSA) is 72.7 Å². The Labute approximate surface area is 216 Å². The maximum atomic E-state index is 13.4. The number of rotatable bonds is 5. The highest BCUT2D eigenvalue weighted by molar-refractivity contribution is 7.21. The molecule has 6 aromatic rings. The van der Waals surface area contributed by atoms with Crippen molar-refractivity contribution in [1.29, 1.82) is 0 Å². The van der Waals surface area contributed by atoms with E-state index in [9.17, 15) is 9.18 Å². The molecule has 0 unspecified atom stereocenters. The van der Waals surface area contributed by atoms with Crippen molar-refractivity contribution in [1.82, 2.24) is 19.7 Å². The Bertz CT molecular complexity index is 1770. The molecular formula is C29H22FN5OS. The van der Waals surface area contributed by atoms with Crippen LogP contribution in [0.15, 0.2) is 79.0 Å². The second-order valence-corrected chi connectivity index (χ2v) is 9.95. The van der Waals surface area contributed by atoms with Crippen LogP contribution in [0, 0.1) is 19.7 Å². The van der Waals surface area contributed by atoms with Crippen LogP contribution in [-0.2, 0) is 11.3 Å². The molecule has 0 spiro atoms. The monoisotopic (exact) mass is 507 g/mol. The number of hydrogen-bond donors (Lipinski definition) is 1. The van der Waals surface area contributed by atoms with Crippen molar-refractivity contribution in [3.8, 4) is 21.7 Å². The van der Waals surface area contributed by atoms with E-state index in [1.54, 1.807) is 34.3 Å². The van der Waals surface area contributed by atoms with Gasteiger partial charge in [-0.1, -0.05) is 18.2 Å². The number of pyridine rings is 1. The molecule has 37 heavy (non-hydrogen) atoms. The third-order valence-corrected chi connectivity index (χ3v) is 7.28. The SMILES string of the molecule is Cc1ccc2nc(-c3ccc(NC(=O)Cn4nc(C)c5c(-c6ccc(F)cc6)ccnc54)cc3)sc2c1. The van der Waals surface area contributed by atoms with Gasteiger partial charge in [0.1, 0.15) is 17.4 Å². The van der Waals surface area contributed by atoms with E-state index in [0.717, 1.165) is 43.0 Å². The van der Waals surface area contributed by atoms with E-state index in [2.05, 4.69) is 34.5 Å². The fourth-order valence-corrected chi connectivity index (χ4v) is 5.52. The van der Waals surface area contributed by atoms with E-state index in [1.807, 2.05) is 43.3 Å². The van der Waals surface area contributed by atoms with Gasteiger partial charge in [-0.25, -0.2) is 19.0 Å². The lowest BCUT2D eigenvalue weighted by Gasteiger charge is -2.07. The molecule has 6 rings (SSSR count). The summed E-state index contributed by atoms with van der Waals surface area (Å²) in [6, 6.07) is 22.1. The van der Waals surface area contributed by atoms with Crippen LogP contribution < -0.4 is 5.32 Å². The normalized spacial score (nSPS) is 11.3. The van der Waals surface area contributed by atoms with Crippen LogP contribution in [-0.4, -0.2) is 25.7 Å². The number of fused-ring (bicyclic) bond motifs is 2. The fourth-order valence-electron chi connectivity index (χ4n) is 4.45. The van der Waals surface area contributed by atoms with Crippen molar-refractivity contribution in [3.05, 3.63) is 96.1 Å². The van der Waals surface area contributed by atoms with E-state index < -0.39 is 0 Å². The minimum absolute atomic E-state index is 0.0170. The molecule has 8 heteroatoms. The summed E-state index contributed by atoms with van der Waals surface area (Å²) in [5, 5.41) is 9.30. The Morgan fingerprint density at radius 1 is 0.973 bits per heavy atom. The molecule has 3 heterocycles. The minimum Gasteiger partial charge on any atom is -0.324 e. The van der Waals surface area contributed by atoms with Crippen LogP contribution >= 0.6 is 11.3 Å². The predicted molar refractivity (Wildman–Crippen MR) is 146 cm³/mol. The molecular weight excluding hydrogens is 485 g/mol. The van der Waals surface area contributed by atoms with Gasteiger partial charge in [0.2, 0.25) is 5.91 Å². The Morgan fingerprint density at radius 3 is 2.51 bits per heavy atom. The number of hydrogen-bond acceptors (Lipinski definition) is 5. The van der Waals surface area contributed by atoms with E-state index >= 15 is 0 Å². The number of anilines is 1. The maximum absolute atomic E-state index is 13.4. The summed E-state index contributed by atoms with van der Waals surface area (Å²) in [4.78, 5) is 22.1. The Balaban J connectivity index is 1.21. The van der Waals surface area contributed by atoms with Crippen molar-refractivity contribution < 1.29 is 9.18 Å². The molecule has 0 saturated heterocycles. The van der Waals surface area contributed by atoms with Crippen LogP contribution in [0.1, 0.15) is 11.3 Å². The van der Waals surface area contributed by atoms with Crippen LogP contribution in [0.4, 0.5) is 10.1 Å². The number of nitrogens with zero attached hydrogens (tertiary/aromatic N) is 4. The zero-order chi connectivity index (χ0) is 25.5. The van der Waals surface area contributed by atoms with Gasteiger partial charge in [-0.15, -0.1) is 11.3 Å². The van der Waals surface area contributed by atoms with Gasteiger partial charge in [-0.3, -0.25) is 4.79 Å². The first kappa shape index (κ1) is 23.0. The largest absolute Gasteiger partial charge is 0.324 e. The average molecular weight is 508 g/mol. The Morgan fingerprint density at radius 2 is 1.73 bits per heavy atom. The summed E-state index contributed by atoms with van der Waals surface area (Å²) < 4.78 is 16.2. The number of carbonyl (C=O) groups is 1. The number of halogens is 1. The van der Waals surface area contributed by atoms with Crippen LogP contribution in [0.2, 0.25) is 0 Å². The van der Waals surface area contributed by atoms with Crippen LogP contribution in [0.25, 0.3) is 42.9 Å². The molecule has 3 aromatic heterocycles. The summed E-state index contributed by atoms with van der Waals surface area (Å²) in [5.74, 6) is -0.497. The second kappa shape index (κ2) is 9.22. The van der Waals surface area contributed by atoms with Crippen molar-refractivity contribution in [2.24, 2.45) is 0 Å². The Kier molecular flexibility index (Phi) is 5.73. The maximum Gasteiger partial charge on any atom is 0.246 e. The zero-order valence-electron chi connectivity index (χ0n) is 20.2. The number of amides is 1. The molecule has 0 bridgehead atoms. The predicted octanol–water partition coefficient (Wildman–Crippen LogP) is 6.77. The first-order chi connectivity index (χ1) is 17.9. The van der Waals surface area contributed by atoms with E-state index in [4.69, 9.17) is 4.98 Å². The van der Waals surface area contributed by atoms with Crippen LogP contribution in [0.3, 0.4) is 0 Å². The fraction of sp³-hybridized carbons (Fsp3) is 0.103. The van der Waals surface area contributed by atoms with Gasteiger partial charge in [-0.2, -0.15) is 5.10 Å². The quantitative estimate of drug-likeness (QED) is 0.280. The molecule has 1 N–H and O–H groups in total. The molecule has 0 aliphatic carbocycles. The number of carbonyl (C=O) groups excluding carboxylic acids is 1. The number of thiazole rings is 1. The van der Waals surface area contributed by atoms with Crippen molar-refractivity contribution >= 4 is 44.2 Å². The summed E-state index contributed by atoms with van der Waals surface area (Å²) >= 11 is 1.65. The first-order valence-electron chi connectivity index (χ1n) is 11.8. The molecule has 1 amide bonds. The lowest BCUT2D eigenvalue weighted by atomic mass is 10.0. The van der Waals surface area contributed by atoms with Crippen LogP contribution in [0.5, 0.6) is 0 Å². The van der Waals surface area contributed by atoms with Crippen molar-refractivity contribution in [3.63, 3.8) is 0 Å². The van der Waals surface area contributed by atoms with E-state index in [0.29, 0.717) is 11.3 Å². The van der Waals surface area contributed by atoms with Crippen molar-refractivity contribution in [2.75, 3.05) is 5.32 Å². The highest BCUT2D eigenvalue weighted by Gasteiger charge is 2.16. The van der Waals surface area contributed by atoms with Gasteiger partial charge in [0.05, 0.1) is 15.9 Å². The molecule has 182 valence electrons.